The SMILES string of the molecule is C[C@@H]1CCCCN1C(=O)Cc1cn2ccccc2n1. The zero-order valence-corrected chi connectivity index (χ0v) is 11.2. The first-order chi connectivity index (χ1) is 9.24. The highest BCUT2D eigenvalue weighted by Gasteiger charge is 2.23. The van der Waals surface area contributed by atoms with Crippen molar-refractivity contribution in [2.45, 2.75) is 38.6 Å². The molecule has 1 saturated heterocycles. The lowest BCUT2D eigenvalue weighted by Crippen LogP contribution is -2.42. The molecule has 0 unspecified atom stereocenters. The van der Waals surface area contributed by atoms with E-state index in [1.807, 2.05) is 39.9 Å². The molecule has 4 nitrogen and oxygen atoms in total. The molecule has 3 rings (SSSR count). The standard InChI is InChI=1S/C15H19N3O/c1-12-6-2-5-9-18(12)15(19)10-13-11-17-8-4-3-7-14(17)16-13/h3-4,7-8,11-12H,2,5-6,9-10H2,1H3/t12-/m1/s1. The van der Waals surface area contributed by atoms with E-state index in [0.717, 1.165) is 30.7 Å². The lowest BCUT2D eigenvalue weighted by Gasteiger charge is -2.33. The number of carbonyl (C=O) groups excluding carboxylic acids is 1. The average molecular weight is 257 g/mol. The van der Waals surface area contributed by atoms with Crippen LogP contribution in [0, 0.1) is 0 Å². The van der Waals surface area contributed by atoms with Gasteiger partial charge in [0.1, 0.15) is 5.65 Å². The maximum absolute atomic E-state index is 12.3. The number of fused-ring (bicyclic) bond motifs is 1. The average Bonchev–Trinajstić information content (AvgIpc) is 2.81. The van der Waals surface area contributed by atoms with Crippen molar-refractivity contribution in [3.63, 3.8) is 0 Å². The Morgan fingerprint density at radius 2 is 2.32 bits per heavy atom. The highest BCUT2D eigenvalue weighted by molar-refractivity contribution is 5.79. The molecule has 0 spiro atoms. The number of rotatable bonds is 2. The van der Waals surface area contributed by atoms with Crippen LogP contribution in [-0.4, -0.2) is 32.8 Å². The number of likely N-dealkylation sites (tertiary alicyclic amines) is 1. The molecule has 1 atom stereocenters. The van der Waals surface area contributed by atoms with Gasteiger partial charge >= 0.3 is 0 Å². The highest BCUT2D eigenvalue weighted by Crippen LogP contribution is 2.17. The molecule has 4 heteroatoms. The van der Waals surface area contributed by atoms with Crippen LogP contribution in [0.5, 0.6) is 0 Å². The first kappa shape index (κ1) is 12.2. The monoisotopic (exact) mass is 257 g/mol. The Labute approximate surface area is 113 Å². The van der Waals surface area contributed by atoms with Gasteiger partial charge in [0, 0.05) is 25.0 Å². The molecular formula is C15H19N3O. The molecule has 1 amide bonds. The number of aromatic nitrogens is 2. The second-order valence-electron chi connectivity index (χ2n) is 5.31. The third-order valence-corrected chi connectivity index (χ3v) is 3.87. The number of nitrogens with zero attached hydrogens (tertiary/aromatic N) is 3. The van der Waals surface area contributed by atoms with Crippen molar-refractivity contribution in [1.82, 2.24) is 14.3 Å². The van der Waals surface area contributed by atoms with Crippen LogP contribution in [0.3, 0.4) is 0 Å². The van der Waals surface area contributed by atoms with Gasteiger partial charge in [-0.25, -0.2) is 4.98 Å². The summed E-state index contributed by atoms with van der Waals surface area (Å²) >= 11 is 0. The molecule has 2 aromatic heterocycles. The summed E-state index contributed by atoms with van der Waals surface area (Å²) in [5.74, 6) is 0.204. The third kappa shape index (κ3) is 2.48. The third-order valence-electron chi connectivity index (χ3n) is 3.87. The Bertz CT molecular complexity index is 557. The van der Waals surface area contributed by atoms with E-state index in [2.05, 4.69) is 11.9 Å². The van der Waals surface area contributed by atoms with Crippen LogP contribution in [0.25, 0.3) is 5.65 Å². The van der Waals surface area contributed by atoms with E-state index in [-0.39, 0.29) is 5.91 Å². The number of imidazole rings is 1. The minimum Gasteiger partial charge on any atom is -0.340 e. The molecule has 3 heterocycles. The number of amides is 1. The van der Waals surface area contributed by atoms with Gasteiger partial charge in [-0.15, -0.1) is 0 Å². The summed E-state index contributed by atoms with van der Waals surface area (Å²) in [5, 5.41) is 0. The Balaban J connectivity index is 1.75. The summed E-state index contributed by atoms with van der Waals surface area (Å²) in [5.41, 5.74) is 1.76. The van der Waals surface area contributed by atoms with Gasteiger partial charge in [-0.2, -0.15) is 0 Å². The maximum atomic E-state index is 12.3. The second kappa shape index (κ2) is 5.03. The maximum Gasteiger partial charge on any atom is 0.228 e. The summed E-state index contributed by atoms with van der Waals surface area (Å²) in [6, 6.07) is 6.25. The van der Waals surface area contributed by atoms with Crippen molar-refractivity contribution in [2.24, 2.45) is 0 Å². The number of pyridine rings is 1. The quantitative estimate of drug-likeness (QED) is 0.827. The molecule has 1 fully saturated rings. The zero-order valence-electron chi connectivity index (χ0n) is 11.2. The number of piperidine rings is 1. The molecule has 0 aromatic carbocycles. The largest absolute Gasteiger partial charge is 0.340 e. The van der Waals surface area contributed by atoms with Crippen LogP contribution < -0.4 is 0 Å². The van der Waals surface area contributed by atoms with E-state index in [0.29, 0.717) is 12.5 Å². The number of hydrogen-bond donors (Lipinski definition) is 0. The van der Waals surface area contributed by atoms with Gasteiger partial charge in [0.05, 0.1) is 12.1 Å². The predicted molar refractivity (Wildman–Crippen MR) is 73.9 cm³/mol. The van der Waals surface area contributed by atoms with E-state index in [9.17, 15) is 4.79 Å². The molecule has 0 N–H and O–H groups in total. The lowest BCUT2D eigenvalue weighted by molar-refractivity contribution is -0.133. The van der Waals surface area contributed by atoms with Gasteiger partial charge in [0.15, 0.2) is 0 Å². The van der Waals surface area contributed by atoms with Crippen LogP contribution in [0.1, 0.15) is 31.9 Å². The van der Waals surface area contributed by atoms with Gasteiger partial charge in [-0.05, 0) is 38.3 Å². The first-order valence-electron chi connectivity index (χ1n) is 6.96. The Morgan fingerprint density at radius 3 is 3.11 bits per heavy atom. The molecular weight excluding hydrogens is 238 g/mol. The summed E-state index contributed by atoms with van der Waals surface area (Å²) < 4.78 is 1.96. The molecule has 0 radical (unpaired) electrons. The fourth-order valence-electron chi connectivity index (χ4n) is 2.80. The summed E-state index contributed by atoms with van der Waals surface area (Å²) in [7, 11) is 0. The summed E-state index contributed by atoms with van der Waals surface area (Å²) in [4.78, 5) is 18.8. The highest BCUT2D eigenvalue weighted by atomic mass is 16.2. The molecule has 0 aliphatic carbocycles. The number of hydrogen-bond acceptors (Lipinski definition) is 2. The minimum atomic E-state index is 0.204. The van der Waals surface area contributed by atoms with Crippen molar-refractivity contribution >= 4 is 11.6 Å². The molecule has 1 aliphatic heterocycles. The molecule has 100 valence electrons. The Kier molecular flexibility index (Phi) is 3.23. The second-order valence-corrected chi connectivity index (χ2v) is 5.31. The number of carbonyl (C=O) groups is 1. The Hall–Kier alpha value is -1.84. The van der Waals surface area contributed by atoms with E-state index in [4.69, 9.17) is 0 Å². The van der Waals surface area contributed by atoms with E-state index >= 15 is 0 Å². The predicted octanol–water partition coefficient (Wildman–Crippen LogP) is 2.28. The summed E-state index contributed by atoms with van der Waals surface area (Å²) in [6.07, 6.45) is 7.80. The van der Waals surface area contributed by atoms with Crippen LogP contribution in [-0.2, 0) is 11.2 Å². The topological polar surface area (TPSA) is 37.6 Å². The van der Waals surface area contributed by atoms with Crippen LogP contribution in [0.4, 0.5) is 0 Å². The van der Waals surface area contributed by atoms with Gasteiger partial charge in [0.25, 0.3) is 0 Å². The van der Waals surface area contributed by atoms with Gasteiger partial charge in [-0.1, -0.05) is 6.07 Å². The lowest BCUT2D eigenvalue weighted by atomic mass is 10.0. The van der Waals surface area contributed by atoms with Crippen molar-refractivity contribution in [1.29, 1.82) is 0 Å². The smallest absolute Gasteiger partial charge is 0.228 e. The van der Waals surface area contributed by atoms with Gasteiger partial charge in [0.2, 0.25) is 5.91 Å². The Morgan fingerprint density at radius 1 is 1.42 bits per heavy atom. The van der Waals surface area contributed by atoms with Crippen LogP contribution in [0.15, 0.2) is 30.6 Å². The fraction of sp³-hybridized carbons (Fsp3) is 0.467. The van der Waals surface area contributed by atoms with Crippen LogP contribution >= 0.6 is 0 Å². The van der Waals surface area contributed by atoms with E-state index < -0.39 is 0 Å². The molecule has 0 bridgehead atoms. The molecule has 2 aromatic rings. The van der Waals surface area contributed by atoms with Crippen molar-refractivity contribution in [2.75, 3.05) is 6.54 Å². The van der Waals surface area contributed by atoms with E-state index in [1.165, 1.54) is 6.42 Å². The van der Waals surface area contributed by atoms with Crippen molar-refractivity contribution < 1.29 is 4.79 Å². The molecule has 1 aliphatic rings. The molecule has 0 saturated carbocycles. The molecule has 19 heavy (non-hydrogen) atoms. The van der Waals surface area contributed by atoms with E-state index in [1.54, 1.807) is 0 Å². The van der Waals surface area contributed by atoms with Gasteiger partial charge in [-0.3, -0.25) is 4.79 Å². The minimum absolute atomic E-state index is 0.204. The van der Waals surface area contributed by atoms with Gasteiger partial charge < -0.3 is 9.30 Å². The van der Waals surface area contributed by atoms with Crippen molar-refractivity contribution in [3.05, 3.63) is 36.3 Å². The normalized spacial score (nSPS) is 19.8. The fourth-order valence-corrected chi connectivity index (χ4v) is 2.80. The van der Waals surface area contributed by atoms with Crippen LogP contribution in [0.2, 0.25) is 0 Å². The van der Waals surface area contributed by atoms with Crippen molar-refractivity contribution in [3.8, 4) is 0 Å². The first-order valence-corrected chi connectivity index (χ1v) is 6.96. The zero-order chi connectivity index (χ0) is 13.2. The summed E-state index contributed by atoms with van der Waals surface area (Å²) in [6.45, 7) is 3.04.